The van der Waals surface area contributed by atoms with Crippen LogP contribution in [0.2, 0.25) is 5.02 Å². The summed E-state index contributed by atoms with van der Waals surface area (Å²) in [6, 6.07) is 19.4. The Morgan fingerprint density at radius 2 is 1.69 bits per heavy atom. The van der Waals surface area contributed by atoms with Crippen LogP contribution in [0, 0.1) is 0 Å². The van der Waals surface area contributed by atoms with Crippen LogP contribution in [-0.4, -0.2) is 16.3 Å². The van der Waals surface area contributed by atoms with Gasteiger partial charge in [0.05, 0.1) is 5.69 Å². The van der Waals surface area contributed by atoms with Gasteiger partial charge in [-0.15, -0.1) is 0 Å². The number of carbonyl (C=O) groups excluding carboxylic acids is 2. The fourth-order valence-electron chi connectivity index (χ4n) is 2.73. The molecule has 0 saturated carbocycles. The molecule has 1 heterocycles. The molecule has 1 amide bonds. The normalized spacial score (nSPS) is 11.8. The lowest BCUT2D eigenvalue weighted by atomic mass is 10.1. The highest BCUT2D eigenvalue weighted by Crippen LogP contribution is 2.17. The second-order valence-electron chi connectivity index (χ2n) is 6.02. The van der Waals surface area contributed by atoms with Gasteiger partial charge in [-0.25, -0.2) is 0 Å². The SMILES string of the molecule is C[C@H](C(=O)NCc1ccc(Cl)cc1)n1cccc1C(=O)c1ccccc1. The summed E-state index contributed by atoms with van der Waals surface area (Å²) in [5, 5.41) is 3.56. The Morgan fingerprint density at radius 3 is 2.38 bits per heavy atom. The molecular weight excluding hydrogens is 348 g/mol. The monoisotopic (exact) mass is 366 g/mol. The zero-order valence-electron chi connectivity index (χ0n) is 14.4. The van der Waals surface area contributed by atoms with Crippen molar-refractivity contribution in [2.24, 2.45) is 0 Å². The molecule has 0 spiro atoms. The lowest BCUT2D eigenvalue weighted by Gasteiger charge is -2.17. The molecule has 0 bridgehead atoms. The highest BCUT2D eigenvalue weighted by Gasteiger charge is 2.20. The van der Waals surface area contributed by atoms with Gasteiger partial charge in [0.15, 0.2) is 0 Å². The minimum Gasteiger partial charge on any atom is -0.350 e. The number of rotatable bonds is 6. The first kappa shape index (κ1) is 18.0. The van der Waals surface area contributed by atoms with E-state index in [1.165, 1.54) is 0 Å². The van der Waals surface area contributed by atoms with Crippen LogP contribution in [0.5, 0.6) is 0 Å². The first-order valence-corrected chi connectivity index (χ1v) is 8.73. The van der Waals surface area contributed by atoms with Crippen molar-refractivity contribution < 1.29 is 9.59 Å². The van der Waals surface area contributed by atoms with Crippen molar-refractivity contribution in [1.29, 1.82) is 0 Å². The molecule has 0 unspecified atom stereocenters. The van der Waals surface area contributed by atoms with E-state index in [0.717, 1.165) is 5.56 Å². The van der Waals surface area contributed by atoms with E-state index in [9.17, 15) is 9.59 Å². The van der Waals surface area contributed by atoms with Gasteiger partial charge in [0, 0.05) is 23.3 Å². The van der Waals surface area contributed by atoms with Gasteiger partial charge in [-0.05, 0) is 36.8 Å². The molecule has 132 valence electrons. The van der Waals surface area contributed by atoms with Crippen LogP contribution >= 0.6 is 11.6 Å². The number of benzene rings is 2. The molecule has 3 rings (SSSR count). The molecule has 0 fully saturated rings. The Hall–Kier alpha value is -2.85. The van der Waals surface area contributed by atoms with Gasteiger partial charge in [0.2, 0.25) is 11.7 Å². The van der Waals surface area contributed by atoms with Gasteiger partial charge < -0.3 is 9.88 Å². The Morgan fingerprint density at radius 1 is 1.00 bits per heavy atom. The highest BCUT2D eigenvalue weighted by molar-refractivity contribution is 6.30. The Balaban J connectivity index is 1.71. The summed E-state index contributed by atoms with van der Waals surface area (Å²) in [6.45, 7) is 2.18. The largest absolute Gasteiger partial charge is 0.350 e. The molecule has 1 atom stereocenters. The average Bonchev–Trinajstić information content (AvgIpc) is 3.16. The van der Waals surface area contributed by atoms with E-state index < -0.39 is 6.04 Å². The molecule has 0 aliphatic heterocycles. The van der Waals surface area contributed by atoms with Crippen LogP contribution in [0.1, 0.15) is 34.6 Å². The van der Waals surface area contributed by atoms with Gasteiger partial charge in [-0.3, -0.25) is 9.59 Å². The van der Waals surface area contributed by atoms with E-state index in [4.69, 9.17) is 11.6 Å². The summed E-state index contributed by atoms with van der Waals surface area (Å²) in [5.41, 5.74) is 2.05. The number of nitrogens with zero attached hydrogens (tertiary/aromatic N) is 1. The minimum atomic E-state index is -0.500. The van der Waals surface area contributed by atoms with E-state index in [2.05, 4.69) is 5.32 Å². The number of amides is 1. The van der Waals surface area contributed by atoms with Gasteiger partial charge in [-0.2, -0.15) is 0 Å². The van der Waals surface area contributed by atoms with Crippen LogP contribution < -0.4 is 5.32 Å². The quantitative estimate of drug-likeness (QED) is 0.663. The predicted molar refractivity (Wildman–Crippen MR) is 102 cm³/mol. The van der Waals surface area contributed by atoms with Crippen LogP contribution in [-0.2, 0) is 11.3 Å². The summed E-state index contributed by atoms with van der Waals surface area (Å²) in [5.74, 6) is -0.258. The van der Waals surface area contributed by atoms with Crippen molar-refractivity contribution in [3.63, 3.8) is 0 Å². The molecule has 0 aliphatic rings. The first-order chi connectivity index (χ1) is 12.6. The van der Waals surface area contributed by atoms with E-state index in [1.807, 2.05) is 30.3 Å². The zero-order chi connectivity index (χ0) is 18.5. The number of halogens is 1. The summed E-state index contributed by atoms with van der Waals surface area (Å²) >= 11 is 5.87. The summed E-state index contributed by atoms with van der Waals surface area (Å²) in [4.78, 5) is 25.2. The fourth-order valence-corrected chi connectivity index (χ4v) is 2.85. The van der Waals surface area contributed by atoms with Crippen LogP contribution in [0.25, 0.3) is 0 Å². The molecule has 0 aliphatic carbocycles. The number of nitrogens with one attached hydrogen (secondary N) is 1. The molecule has 2 aromatic carbocycles. The van der Waals surface area contributed by atoms with Crippen molar-refractivity contribution in [2.75, 3.05) is 0 Å². The van der Waals surface area contributed by atoms with Crippen molar-refractivity contribution in [3.05, 3.63) is 94.8 Å². The Labute approximate surface area is 157 Å². The molecule has 1 N–H and O–H groups in total. The van der Waals surface area contributed by atoms with Crippen molar-refractivity contribution in [2.45, 2.75) is 19.5 Å². The number of aromatic nitrogens is 1. The maximum Gasteiger partial charge on any atom is 0.243 e. The van der Waals surface area contributed by atoms with Gasteiger partial charge >= 0.3 is 0 Å². The number of hydrogen-bond donors (Lipinski definition) is 1. The standard InChI is InChI=1S/C21H19ClN2O2/c1-15(21(26)23-14-16-9-11-18(22)12-10-16)24-13-5-8-19(24)20(25)17-6-3-2-4-7-17/h2-13,15H,14H2,1H3,(H,23,26)/t15-/m1/s1. The van der Waals surface area contributed by atoms with Crippen molar-refractivity contribution in [3.8, 4) is 0 Å². The van der Waals surface area contributed by atoms with Crippen LogP contribution in [0.4, 0.5) is 0 Å². The number of hydrogen-bond acceptors (Lipinski definition) is 2. The van der Waals surface area contributed by atoms with Gasteiger partial charge in [-0.1, -0.05) is 54.1 Å². The van der Waals surface area contributed by atoms with Crippen LogP contribution in [0.3, 0.4) is 0 Å². The smallest absolute Gasteiger partial charge is 0.243 e. The van der Waals surface area contributed by atoms with Gasteiger partial charge in [0.1, 0.15) is 6.04 Å². The summed E-state index contributed by atoms with van der Waals surface area (Å²) < 4.78 is 1.70. The lowest BCUT2D eigenvalue weighted by Crippen LogP contribution is -2.31. The molecule has 5 heteroatoms. The summed E-state index contributed by atoms with van der Waals surface area (Å²) in [6.07, 6.45) is 1.75. The molecule has 0 saturated heterocycles. The fraction of sp³-hybridized carbons (Fsp3) is 0.143. The maximum atomic E-state index is 12.7. The van der Waals surface area contributed by atoms with Crippen LogP contribution in [0.15, 0.2) is 72.9 Å². The second-order valence-corrected chi connectivity index (χ2v) is 6.45. The third kappa shape index (κ3) is 4.03. The molecule has 1 aromatic heterocycles. The number of carbonyl (C=O) groups is 2. The minimum absolute atomic E-state index is 0.104. The molecule has 3 aromatic rings. The average molecular weight is 367 g/mol. The first-order valence-electron chi connectivity index (χ1n) is 8.35. The maximum absolute atomic E-state index is 12.7. The van der Waals surface area contributed by atoms with E-state index in [-0.39, 0.29) is 11.7 Å². The molecule has 0 radical (unpaired) electrons. The topological polar surface area (TPSA) is 51.1 Å². The lowest BCUT2D eigenvalue weighted by molar-refractivity contribution is -0.124. The predicted octanol–water partition coefficient (Wildman–Crippen LogP) is 4.25. The van der Waals surface area contributed by atoms with Crippen molar-refractivity contribution >= 4 is 23.3 Å². The highest BCUT2D eigenvalue weighted by atomic mass is 35.5. The Kier molecular flexibility index (Phi) is 5.54. The van der Waals surface area contributed by atoms with E-state index >= 15 is 0 Å². The molecular formula is C21H19ClN2O2. The van der Waals surface area contributed by atoms with Crippen molar-refractivity contribution in [1.82, 2.24) is 9.88 Å². The second kappa shape index (κ2) is 8.02. The molecule has 4 nitrogen and oxygen atoms in total. The van der Waals surface area contributed by atoms with E-state index in [1.54, 1.807) is 54.1 Å². The third-order valence-corrected chi connectivity index (χ3v) is 4.48. The Bertz CT molecular complexity index is 901. The number of ketones is 1. The van der Waals surface area contributed by atoms with E-state index in [0.29, 0.717) is 22.8 Å². The summed E-state index contributed by atoms with van der Waals surface area (Å²) in [7, 11) is 0. The van der Waals surface area contributed by atoms with Gasteiger partial charge in [0.25, 0.3) is 0 Å². The zero-order valence-corrected chi connectivity index (χ0v) is 15.1. The third-order valence-electron chi connectivity index (χ3n) is 4.22. The molecule has 26 heavy (non-hydrogen) atoms.